The molecule has 3 heterocycles. The fourth-order valence-electron chi connectivity index (χ4n) is 4.66. The topological polar surface area (TPSA) is 170 Å². The van der Waals surface area contributed by atoms with Crippen LogP contribution in [0.1, 0.15) is 44.1 Å². The zero-order valence-electron chi connectivity index (χ0n) is 24.5. The molecule has 0 aliphatic carbocycles. The number of rotatable bonds is 11. The number of benzene rings is 1. The summed E-state index contributed by atoms with van der Waals surface area (Å²) in [4.78, 5) is 62.2. The predicted octanol–water partition coefficient (Wildman–Crippen LogP) is 1.94. The number of amides is 3. The first-order valence-corrected chi connectivity index (χ1v) is 14.2. The Morgan fingerprint density at radius 3 is 2.42 bits per heavy atom. The summed E-state index contributed by atoms with van der Waals surface area (Å²) < 4.78 is 22.3. The molecule has 0 radical (unpaired) electrons. The van der Waals surface area contributed by atoms with Gasteiger partial charge >= 0.3 is 12.1 Å². The van der Waals surface area contributed by atoms with E-state index < -0.39 is 35.7 Å². The minimum absolute atomic E-state index is 0.0620. The lowest BCUT2D eigenvalue weighted by atomic mass is 10.1. The molecule has 4 rings (SSSR count). The van der Waals surface area contributed by atoms with E-state index in [4.69, 9.17) is 18.9 Å². The van der Waals surface area contributed by atoms with Crippen molar-refractivity contribution in [3.8, 4) is 17.3 Å². The van der Waals surface area contributed by atoms with E-state index in [0.717, 1.165) is 0 Å². The van der Waals surface area contributed by atoms with Crippen LogP contribution in [0.3, 0.4) is 0 Å². The molecule has 0 bridgehead atoms. The highest BCUT2D eigenvalue weighted by Gasteiger charge is 2.34. The van der Waals surface area contributed by atoms with Crippen LogP contribution in [-0.4, -0.2) is 113 Å². The van der Waals surface area contributed by atoms with Crippen LogP contribution in [0.5, 0.6) is 5.88 Å². The van der Waals surface area contributed by atoms with E-state index in [2.05, 4.69) is 15.3 Å². The normalized spacial score (nSPS) is 18.5. The lowest BCUT2D eigenvalue weighted by molar-refractivity contribution is -0.141. The number of carboxylic acids is 1. The molecule has 2 aliphatic rings. The van der Waals surface area contributed by atoms with E-state index in [0.29, 0.717) is 12.2 Å². The van der Waals surface area contributed by atoms with Gasteiger partial charge < -0.3 is 39.2 Å². The number of nitrogens with one attached hydrogen (secondary N) is 1. The molecule has 2 fully saturated rings. The molecule has 2 aliphatic heterocycles. The van der Waals surface area contributed by atoms with Gasteiger partial charge in [0.25, 0.3) is 5.91 Å². The van der Waals surface area contributed by atoms with E-state index >= 15 is 0 Å². The molecule has 2 aromatic rings. The van der Waals surface area contributed by atoms with E-state index in [9.17, 15) is 24.3 Å². The fourth-order valence-corrected chi connectivity index (χ4v) is 4.66. The average molecular weight is 600 g/mol. The molecule has 2 atom stereocenters. The highest BCUT2D eigenvalue weighted by Crippen LogP contribution is 2.24. The van der Waals surface area contributed by atoms with Crippen LogP contribution in [0.25, 0.3) is 11.4 Å². The monoisotopic (exact) mass is 599 g/mol. The molecule has 14 heteroatoms. The summed E-state index contributed by atoms with van der Waals surface area (Å²) in [5.74, 6) is -2.63. The van der Waals surface area contributed by atoms with E-state index in [1.165, 1.54) is 15.9 Å². The number of hydrogen-bond donors (Lipinski definition) is 2. The maximum absolute atomic E-state index is 13.5. The van der Waals surface area contributed by atoms with Crippen LogP contribution < -0.4 is 10.1 Å². The first kappa shape index (κ1) is 31.6. The summed E-state index contributed by atoms with van der Waals surface area (Å²) in [5, 5.41) is 11.9. The Labute approximate surface area is 249 Å². The Morgan fingerprint density at radius 2 is 1.79 bits per heavy atom. The molecule has 43 heavy (non-hydrogen) atoms. The Hall–Kier alpha value is -4.30. The van der Waals surface area contributed by atoms with Gasteiger partial charge in [0.05, 0.1) is 13.2 Å². The number of carbonyl (C=O) groups is 4. The number of piperazine rings is 1. The Morgan fingerprint density at radius 1 is 1.09 bits per heavy atom. The first-order chi connectivity index (χ1) is 20.5. The van der Waals surface area contributed by atoms with Gasteiger partial charge in [-0.2, -0.15) is 4.98 Å². The van der Waals surface area contributed by atoms with Gasteiger partial charge in [0.15, 0.2) is 11.6 Å². The molecule has 232 valence electrons. The van der Waals surface area contributed by atoms with Gasteiger partial charge in [-0.15, -0.1) is 0 Å². The van der Waals surface area contributed by atoms with Crippen LogP contribution >= 0.6 is 0 Å². The third kappa shape index (κ3) is 8.85. The zero-order chi connectivity index (χ0) is 31.0. The minimum atomic E-state index is -1.14. The van der Waals surface area contributed by atoms with Gasteiger partial charge in [-0.05, 0) is 27.2 Å². The Kier molecular flexibility index (Phi) is 10.5. The summed E-state index contributed by atoms with van der Waals surface area (Å²) in [7, 11) is 0. The number of aliphatic carboxylic acids is 1. The summed E-state index contributed by atoms with van der Waals surface area (Å²) in [6.45, 7) is 6.94. The fraction of sp³-hybridized carbons (Fsp3) is 0.517. The number of carboxylic acid groups (broad SMARTS) is 1. The highest BCUT2D eigenvalue weighted by molar-refractivity contribution is 5.96. The Bertz CT molecular complexity index is 1300. The molecule has 1 aromatic heterocycles. The van der Waals surface area contributed by atoms with Gasteiger partial charge in [-0.1, -0.05) is 30.3 Å². The molecule has 3 amide bonds. The second-order valence-corrected chi connectivity index (χ2v) is 10.5. The molecule has 2 N–H and O–H groups in total. The zero-order valence-corrected chi connectivity index (χ0v) is 24.5. The van der Waals surface area contributed by atoms with Crippen molar-refractivity contribution in [2.45, 2.75) is 51.5 Å². The van der Waals surface area contributed by atoms with Crippen molar-refractivity contribution in [3.63, 3.8) is 0 Å². The average Bonchev–Trinajstić information content (AvgIpc) is 3.36. The van der Waals surface area contributed by atoms with Gasteiger partial charge in [0.1, 0.15) is 24.4 Å². The van der Waals surface area contributed by atoms with Crippen molar-refractivity contribution < 1.29 is 43.2 Å². The molecule has 0 spiro atoms. The summed E-state index contributed by atoms with van der Waals surface area (Å²) in [6.07, 6.45) is -1.28. The molecular weight excluding hydrogens is 562 g/mol. The first-order valence-electron chi connectivity index (χ1n) is 14.2. The third-order valence-electron chi connectivity index (χ3n) is 6.82. The van der Waals surface area contributed by atoms with E-state index in [1.807, 2.05) is 6.07 Å². The van der Waals surface area contributed by atoms with E-state index in [-0.39, 0.29) is 75.7 Å². The van der Waals surface area contributed by atoms with Crippen LogP contribution in [0.2, 0.25) is 0 Å². The van der Waals surface area contributed by atoms with Crippen molar-refractivity contribution in [1.29, 1.82) is 0 Å². The minimum Gasteiger partial charge on any atom is -0.481 e. The number of aromatic nitrogens is 2. The molecule has 1 aromatic carbocycles. The Balaban J connectivity index is 1.51. The van der Waals surface area contributed by atoms with E-state index in [1.54, 1.807) is 45.0 Å². The van der Waals surface area contributed by atoms with Gasteiger partial charge in [-0.3, -0.25) is 14.4 Å². The second-order valence-electron chi connectivity index (χ2n) is 10.5. The van der Waals surface area contributed by atoms with Crippen molar-refractivity contribution in [2.24, 2.45) is 0 Å². The molecule has 0 unspecified atom stereocenters. The third-order valence-corrected chi connectivity index (χ3v) is 6.82. The summed E-state index contributed by atoms with van der Waals surface area (Å²) >= 11 is 0. The standard InChI is InChI=1S/C29H37N5O9/c1-4-40-28(39)34-14-12-33(13-15-34)27(38)21(10-11-24(35)36)31-26(37)22-16-23(41-17-20-18-42-29(2,3)43-20)32-25(30-22)19-8-6-5-7-9-19/h5-9,16,20-21H,4,10-15,17-18H2,1-3H3,(H,31,37)(H,35,36)/t20-,21+/m1/s1. The maximum Gasteiger partial charge on any atom is 0.409 e. The molecule has 2 saturated heterocycles. The molecular formula is C29H37N5O9. The SMILES string of the molecule is CCOC(=O)N1CCN(C(=O)[C@H](CCC(=O)O)NC(=O)c2cc(OC[C@@H]3COC(C)(C)O3)nc(-c3ccccc3)n2)CC1. The maximum atomic E-state index is 13.5. The quantitative estimate of drug-likeness (QED) is 0.387. The van der Waals surface area contributed by atoms with Crippen molar-refractivity contribution in [2.75, 3.05) is 46.0 Å². The number of ether oxygens (including phenoxy) is 4. The van der Waals surface area contributed by atoms with Crippen LogP contribution in [0.15, 0.2) is 36.4 Å². The lowest BCUT2D eigenvalue weighted by Gasteiger charge is -2.35. The van der Waals surface area contributed by atoms with Gasteiger partial charge in [-0.25, -0.2) is 9.78 Å². The van der Waals surface area contributed by atoms with Gasteiger partial charge in [0.2, 0.25) is 11.8 Å². The molecule has 0 saturated carbocycles. The van der Waals surface area contributed by atoms with Crippen molar-refractivity contribution in [1.82, 2.24) is 25.1 Å². The number of nitrogens with zero attached hydrogens (tertiary/aromatic N) is 4. The molecule has 14 nitrogen and oxygen atoms in total. The van der Waals surface area contributed by atoms with Crippen LogP contribution in [0, 0.1) is 0 Å². The van der Waals surface area contributed by atoms with Crippen molar-refractivity contribution >= 4 is 23.9 Å². The lowest BCUT2D eigenvalue weighted by Crippen LogP contribution is -2.56. The second kappa shape index (κ2) is 14.2. The summed E-state index contributed by atoms with van der Waals surface area (Å²) in [5.41, 5.74) is 0.578. The van der Waals surface area contributed by atoms with Crippen LogP contribution in [0.4, 0.5) is 4.79 Å². The number of hydrogen-bond acceptors (Lipinski definition) is 10. The summed E-state index contributed by atoms with van der Waals surface area (Å²) in [6, 6.07) is 9.24. The largest absolute Gasteiger partial charge is 0.481 e. The predicted molar refractivity (Wildman–Crippen MR) is 151 cm³/mol. The van der Waals surface area contributed by atoms with Crippen molar-refractivity contribution in [3.05, 3.63) is 42.1 Å². The highest BCUT2D eigenvalue weighted by atomic mass is 16.7. The van der Waals surface area contributed by atoms with Crippen LogP contribution in [-0.2, 0) is 23.8 Å². The smallest absolute Gasteiger partial charge is 0.409 e. The number of carbonyl (C=O) groups excluding carboxylic acids is 3. The van der Waals surface area contributed by atoms with Gasteiger partial charge in [0, 0.05) is 44.2 Å².